The Labute approximate surface area is 146 Å². The van der Waals surface area contributed by atoms with Crippen LogP contribution in [0.2, 0.25) is 0 Å². The molecule has 138 valence electrons. The van der Waals surface area contributed by atoms with Gasteiger partial charge in [0.25, 0.3) is 0 Å². The molecule has 0 radical (unpaired) electrons. The first-order valence-electron chi connectivity index (χ1n) is 9.38. The Morgan fingerprint density at radius 1 is 1.04 bits per heavy atom. The first kappa shape index (κ1) is 19.2. The summed E-state index contributed by atoms with van der Waals surface area (Å²) in [5.74, 6) is 1.66. The monoisotopic (exact) mass is 338 g/mol. The minimum atomic E-state index is -0.383. The van der Waals surface area contributed by atoms with E-state index >= 15 is 0 Å². The van der Waals surface area contributed by atoms with Crippen LogP contribution in [0.4, 0.5) is 4.79 Å². The van der Waals surface area contributed by atoms with E-state index in [2.05, 4.69) is 27.5 Å². The first-order valence-corrected chi connectivity index (χ1v) is 9.38. The molecular formula is C18H34N4O2. The van der Waals surface area contributed by atoms with E-state index in [1.807, 2.05) is 20.8 Å². The first-order chi connectivity index (χ1) is 11.4. The number of urea groups is 1. The molecule has 6 heteroatoms. The Hall–Kier alpha value is -1.14. The molecule has 2 fully saturated rings. The topological polar surface area (TPSA) is 64.7 Å². The highest BCUT2D eigenvalue weighted by molar-refractivity contribution is 5.96. The molecule has 2 N–H and O–H groups in total. The Kier molecular flexibility index (Phi) is 7.04. The number of nitrogens with one attached hydrogen (secondary N) is 2. The molecule has 3 amide bonds. The second kappa shape index (κ2) is 8.81. The summed E-state index contributed by atoms with van der Waals surface area (Å²) >= 11 is 0. The van der Waals surface area contributed by atoms with Crippen LogP contribution < -0.4 is 10.6 Å². The fraction of sp³-hybridized carbons (Fsp3) is 0.889. The normalized spacial score (nSPS) is 25.0. The average Bonchev–Trinajstić information content (AvgIpc) is 3.02. The van der Waals surface area contributed by atoms with Crippen LogP contribution in [0.3, 0.4) is 0 Å². The number of hydrogen-bond donors (Lipinski definition) is 2. The predicted octanol–water partition coefficient (Wildman–Crippen LogP) is 1.52. The second-order valence-corrected chi connectivity index (χ2v) is 7.95. The summed E-state index contributed by atoms with van der Waals surface area (Å²) in [4.78, 5) is 28.7. The van der Waals surface area contributed by atoms with E-state index in [1.165, 1.54) is 32.4 Å². The number of nitrogens with zero attached hydrogens (tertiary/aromatic N) is 2. The van der Waals surface area contributed by atoms with Crippen molar-refractivity contribution >= 4 is 11.9 Å². The van der Waals surface area contributed by atoms with Gasteiger partial charge in [-0.05, 0) is 70.6 Å². The smallest absolute Gasteiger partial charge is 0.321 e. The number of amides is 3. The van der Waals surface area contributed by atoms with E-state index in [4.69, 9.17) is 0 Å². The van der Waals surface area contributed by atoms with Crippen LogP contribution in [0.5, 0.6) is 0 Å². The van der Waals surface area contributed by atoms with Crippen LogP contribution in [-0.2, 0) is 4.79 Å². The number of rotatable bonds is 5. The number of piperidine rings is 1. The molecule has 0 spiro atoms. The molecule has 2 aliphatic heterocycles. The van der Waals surface area contributed by atoms with Crippen molar-refractivity contribution in [1.82, 2.24) is 20.4 Å². The zero-order valence-corrected chi connectivity index (χ0v) is 15.7. The molecule has 2 atom stereocenters. The highest BCUT2D eigenvalue weighted by atomic mass is 16.2. The van der Waals surface area contributed by atoms with Crippen LogP contribution in [-0.4, -0.2) is 67.6 Å². The van der Waals surface area contributed by atoms with Gasteiger partial charge < -0.3 is 10.2 Å². The summed E-state index contributed by atoms with van der Waals surface area (Å²) in [6.07, 6.45) is 3.71. The molecular weight excluding hydrogens is 304 g/mol. The van der Waals surface area contributed by atoms with E-state index < -0.39 is 0 Å². The van der Waals surface area contributed by atoms with Crippen LogP contribution in [0.15, 0.2) is 0 Å². The Morgan fingerprint density at radius 3 is 2.29 bits per heavy atom. The van der Waals surface area contributed by atoms with E-state index in [0.717, 1.165) is 19.0 Å². The van der Waals surface area contributed by atoms with Crippen LogP contribution in [0, 0.1) is 17.8 Å². The number of carbonyl (C=O) groups is 2. The third-order valence-electron chi connectivity index (χ3n) is 5.52. The Balaban J connectivity index is 1.75. The van der Waals surface area contributed by atoms with Gasteiger partial charge in [0.15, 0.2) is 0 Å². The van der Waals surface area contributed by atoms with Crippen molar-refractivity contribution < 1.29 is 9.59 Å². The molecule has 0 bridgehead atoms. The van der Waals surface area contributed by atoms with Gasteiger partial charge in [-0.1, -0.05) is 13.8 Å². The Bertz CT molecular complexity index is 433. The maximum atomic E-state index is 12.3. The van der Waals surface area contributed by atoms with Gasteiger partial charge in [-0.25, -0.2) is 4.79 Å². The third-order valence-corrected chi connectivity index (χ3v) is 5.52. The van der Waals surface area contributed by atoms with Gasteiger partial charge in [0.1, 0.15) is 0 Å². The SMILES string of the molecule is CC(C)CNC(=O)NC(=O)[C@H](C)N1CC[C@@H](C2CCN(C)CC2)C1. The average molecular weight is 338 g/mol. The maximum Gasteiger partial charge on any atom is 0.321 e. The minimum Gasteiger partial charge on any atom is -0.338 e. The minimum absolute atomic E-state index is 0.194. The lowest BCUT2D eigenvalue weighted by Crippen LogP contribution is -2.49. The third kappa shape index (κ3) is 5.45. The van der Waals surface area contributed by atoms with Gasteiger partial charge in [-0.15, -0.1) is 0 Å². The number of carbonyl (C=O) groups excluding carboxylic acids is 2. The molecule has 0 aromatic carbocycles. The summed E-state index contributed by atoms with van der Waals surface area (Å²) in [6, 6.07) is -0.627. The Morgan fingerprint density at radius 2 is 1.67 bits per heavy atom. The lowest BCUT2D eigenvalue weighted by molar-refractivity contribution is -0.124. The fourth-order valence-electron chi connectivity index (χ4n) is 3.78. The molecule has 2 rings (SSSR count). The molecule has 24 heavy (non-hydrogen) atoms. The molecule has 0 aromatic heterocycles. The van der Waals surface area contributed by atoms with E-state index in [1.54, 1.807) is 0 Å². The highest BCUT2D eigenvalue weighted by Gasteiger charge is 2.35. The van der Waals surface area contributed by atoms with E-state index in [0.29, 0.717) is 18.4 Å². The second-order valence-electron chi connectivity index (χ2n) is 7.95. The zero-order chi connectivity index (χ0) is 17.7. The van der Waals surface area contributed by atoms with Crippen molar-refractivity contribution in [2.24, 2.45) is 17.8 Å². The number of hydrogen-bond acceptors (Lipinski definition) is 4. The molecule has 6 nitrogen and oxygen atoms in total. The van der Waals surface area contributed by atoms with Gasteiger partial charge in [-0.2, -0.15) is 0 Å². The van der Waals surface area contributed by atoms with Crippen LogP contribution in [0.1, 0.15) is 40.0 Å². The van der Waals surface area contributed by atoms with Crippen molar-refractivity contribution in [3.05, 3.63) is 0 Å². The molecule has 0 unspecified atom stereocenters. The van der Waals surface area contributed by atoms with Crippen LogP contribution in [0.25, 0.3) is 0 Å². The fourth-order valence-corrected chi connectivity index (χ4v) is 3.78. The van der Waals surface area contributed by atoms with Crippen molar-refractivity contribution in [1.29, 1.82) is 0 Å². The molecule has 2 aliphatic rings. The molecule has 0 aliphatic carbocycles. The summed E-state index contributed by atoms with van der Waals surface area (Å²) in [5, 5.41) is 5.20. The predicted molar refractivity (Wildman–Crippen MR) is 95.7 cm³/mol. The van der Waals surface area contributed by atoms with Gasteiger partial charge >= 0.3 is 6.03 Å². The van der Waals surface area contributed by atoms with E-state index in [-0.39, 0.29) is 18.0 Å². The van der Waals surface area contributed by atoms with Crippen molar-refractivity contribution in [2.45, 2.75) is 46.1 Å². The number of imide groups is 1. The summed E-state index contributed by atoms with van der Waals surface area (Å²) in [5.41, 5.74) is 0. The molecule has 0 aromatic rings. The van der Waals surface area contributed by atoms with Gasteiger partial charge in [0, 0.05) is 13.1 Å². The van der Waals surface area contributed by atoms with Crippen molar-refractivity contribution in [2.75, 3.05) is 39.8 Å². The largest absolute Gasteiger partial charge is 0.338 e. The summed E-state index contributed by atoms with van der Waals surface area (Å²) in [6.45, 7) is 10.9. The van der Waals surface area contributed by atoms with Gasteiger partial charge in [0.2, 0.25) is 5.91 Å². The van der Waals surface area contributed by atoms with Gasteiger partial charge in [0.05, 0.1) is 6.04 Å². The standard InChI is InChI=1S/C18H34N4O2/c1-13(2)11-19-18(24)20-17(23)14(3)22-10-7-16(12-22)15-5-8-21(4)9-6-15/h13-16H,5-12H2,1-4H3,(H2,19,20,23,24)/t14-,16+/m0/s1. The van der Waals surface area contributed by atoms with Gasteiger partial charge in [-0.3, -0.25) is 15.0 Å². The van der Waals surface area contributed by atoms with E-state index in [9.17, 15) is 9.59 Å². The van der Waals surface area contributed by atoms with Crippen molar-refractivity contribution in [3.63, 3.8) is 0 Å². The zero-order valence-electron chi connectivity index (χ0n) is 15.7. The maximum absolute atomic E-state index is 12.3. The molecule has 2 saturated heterocycles. The van der Waals surface area contributed by atoms with Crippen LogP contribution >= 0.6 is 0 Å². The highest BCUT2D eigenvalue weighted by Crippen LogP contribution is 2.32. The summed E-state index contributed by atoms with van der Waals surface area (Å²) in [7, 11) is 2.19. The summed E-state index contributed by atoms with van der Waals surface area (Å²) < 4.78 is 0. The molecule has 2 heterocycles. The lowest BCUT2D eigenvalue weighted by atomic mass is 9.84. The quantitative estimate of drug-likeness (QED) is 0.798. The van der Waals surface area contributed by atoms with Crippen molar-refractivity contribution in [3.8, 4) is 0 Å². The number of likely N-dealkylation sites (tertiary alicyclic amines) is 2. The molecule has 0 saturated carbocycles. The lowest BCUT2D eigenvalue weighted by Gasteiger charge is -2.33.